The fourth-order valence-electron chi connectivity index (χ4n) is 8.74. The normalized spacial score (nSPS) is 11.6. The van der Waals surface area contributed by atoms with Crippen LogP contribution in [0.2, 0.25) is 0 Å². The number of hydrogen-bond donors (Lipinski definition) is 0. The van der Waals surface area contributed by atoms with Crippen LogP contribution >= 0.6 is 0 Å². The monoisotopic (exact) mass is 699 g/mol. The van der Waals surface area contributed by atoms with Gasteiger partial charge in [-0.25, -0.2) is 4.85 Å². The summed E-state index contributed by atoms with van der Waals surface area (Å²) in [5, 5.41) is 16.7. The second-order valence-corrected chi connectivity index (χ2v) is 14.0. The van der Waals surface area contributed by atoms with Crippen LogP contribution in [0.15, 0.2) is 176 Å². The first-order chi connectivity index (χ1) is 27.2. The Labute approximate surface area is 316 Å². The third-order valence-corrected chi connectivity index (χ3v) is 11.1. The van der Waals surface area contributed by atoms with E-state index in [-0.39, 0.29) is 0 Å². The Hall–Kier alpha value is -7.86. The Morgan fingerprint density at radius 1 is 0.436 bits per heavy atom. The van der Waals surface area contributed by atoms with E-state index in [1.54, 1.807) is 0 Å². The third kappa shape index (κ3) is 4.45. The van der Waals surface area contributed by atoms with E-state index in [4.69, 9.17) is 6.57 Å². The SMILES string of the molecule is [C-]#[N+]c1cc(-n2c3ccccc3c3cccc(-n4c5ccccc5c5ccccc54)c32)ccc1-c1ccc(-n2c3ccccc3c3ccc(C#N)cc32)cc1. The molecule has 0 radical (unpaired) electrons. The van der Waals surface area contributed by atoms with Crippen LogP contribution in [0, 0.1) is 17.9 Å². The van der Waals surface area contributed by atoms with Crippen LogP contribution in [-0.2, 0) is 0 Å². The number of nitriles is 1. The molecule has 3 heterocycles. The van der Waals surface area contributed by atoms with E-state index < -0.39 is 0 Å². The standard InChI is InChI=1S/C50H29N5/c1-52-43-30-35(26-28-36(43)33-22-24-34(25-23-33)53-44-16-6-2-13-39(44)41-27-21-32(31-51)29-49(41)53)54-45-17-7-5-14-40(45)42-15-10-20-48(50(42)54)55-46-18-8-3-11-37(46)38-12-4-9-19-47(38)55/h2-30H. The number of hydrogen-bond acceptors (Lipinski definition) is 1. The molecule has 0 amide bonds. The fraction of sp³-hybridized carbons (Fsp3) is 0. The number of para-hydroxylation sites is 5. The van der Waals surface area contributed by atoms with Crippen LogP contribution in [0.4, 0.5) is 5.69 Å². The average Bonchev–Trinajstić information content (AvgIpc) is 3.89. The second kappa shape index (κ2) is 11.8. The lowest BCUT2D eigenvalue weighted by molar-refractivity contribution is 1.13. The Kier molecular flexibility index (Phi) is 6.61. The van der Waals surface area contributed by atoms with Gasteiger partial charge in [0, 0.05) is 43.7 Å². The Morgan fingerprint density at radius 3 is 1.58 bits per heavy atom. The van der Waals surface area contributed by atoms with Gasteiger partial charge >= 0.3 is 0 Å². The summed E-state index contributed by atoms with van der Waals surface area (Å²) >= 11 is 0. The second-order valence-electron chi connectivity index (χ2n) is 14.0. The number of fused-ring (bicyclic) bond motifs is 9. The van der Waals surface area contributed by atoms with Crippen LogP contribution in [0.25, 0.3) is 98.5 Å². The van der Waals surface area contributed by atoms with Gasteiger partial charge in [-0.2, -0.15) is 5.26 Å². The molecule has 0 saturated carbocycles. The van der Waals surface area contributed by atoms with Crippen molar-refractivity contribution in [3.63, 3.8) is 0 Å². The van der Waals surface area contributed by atoms with Gasteiger partial charge in [-0.3, -0.25) is 0 Å². The lowest BCUT2D eigenvalue weighted by atomic mass is 10.0. The van der Waals surface area contributed by atoms with E-state index >= 15 is 0 Å². The van der Waals surface area contributed by atoms with Gasteiger partial charge in [0.25, 0.3) is 0 Å². The van der Waals surface area contributed by atoms with Crippen molar-refractivity contribution in [1.29, 1.82) is 5.26 Å². The van der Waals surface area contributed by atoms with Crippen molar-refractivity contribution in [2.45, 2.75) is 0 Å². The molecule has 0 aliphatic heterocycles. The molecule has 3 aromatic heterocycles. The van der Waals surface area contributed by atoms with Crippen molar-refractivity contribution >= 4 is 71.1 Å². The van der Waals surface area contributed by atoms with Crippen LogP contribution in [0.1, 0.15) is 5.56 Å². The summed E-state index contributed by atoms with van der Waals surface area (Å²) in [6, 6.07) is 63.5. The van der Waals surface area contributed by atoms with E-state index in [1.165, 1.54) is 10.8 Å². The van der Waals surface area contributed by atoms with Crippen LogP contribution in [-0.4, -0.2) is 13.7 Å². The topological polar surface area (TPSA) is 42.9 Å². The maximum atomic E-state index is 9.68. The van der Waals surface area contributed by atoms with Crippen molar-refractivity contribution in [3.05, 3.63) is 193 Å². The predicted octanol–water partition coefficient (Wildman–Crippen LogP) is 13.1. The molecule has 0 unspecified atom stereocenters. The van der Waals surface area contributed by atoms with Gasteiger partial charge in [-0.05, 0) is 77.9 Å². The molecule has 0 saturated heterocycles. The number of aromatic nitrogens is 3. The van der Waals surface area contributed by atoms with E-state index in [0.29, 0.717) is 11.3 Å². The molecule has 11 rings (SSSR count). The molecule has 8 aromatic carbocycles. The molecule has 0 aliphatic rings. The maximum Gasteiger partial charge on any atom is 0.196 e. The number of rotatable bonds is 4. The highest BCUT2D eigenvalue weighted by molar-refractivity contribution is 6.15. The summed E-state index contributed by atoms with van der Waals surface area (Å²) in [5.74, 6) is 0. The van der Waals surface area contributed by atoms with Gasteiger partial charge in [0.15, 0.2) is 5.69 Å². The van der Waals surface area contributed by atoms with Gasteiger partial charge in [0.2, 0.25) is 0 Å². The van der Waals surface area contributed by atoms with Crippen molar-refractivity contribution in [2.24, 2.45) is 0 Å². The zero-order valence-electron chi connectivity index (χ0n) is 29.5. The summed E-state index contributed by atoms with van der Waals surface area (Å²) in [7, 11) is 0. The average molecular weight is 700 g/mol. The van der Waals surface area contributed by atoms with Crippen LogP contribution in [0.3, 0.4) is 0 Å². The first-order valence-corrected chi connectivity index (χ1v) is 18.3. The highest BCUT2D eigenvalue weighted by Crippen LogP contribution is 2.42. The molecule has 0 atom stereocenters. The maximum absolute atomic E-state index is 9.68. The van der Waals surface area contributed by atoms with Gasteiger partial charge < -0.3 is 13.7 Å². The molecule has 254 valence electrons. The summed E-state index contributed by atoms with van der Waals surface area (Å²) in [6.07, 6.45) is 0. The largest absolute Gasteiger partial charge is 0.309 e. The molecular formula is C50H29N5. The van der Waals surface area contributed by atoms with Crippen molar-refractivity contribution in [3.8, 4) is 34.3 Å². The summed E-state index contributed by atoms with van der Waals surface area (Å²) in [4.78, 5) is 4.10. The van der Waals surface area contributed by atoms with Crippen molar-refractivity contribution in [2.75, 3.05) is 0 Å². The van der Waals surface area contributed by atoms with E-state index in [1.807, 2.05) is 36.4 Å². The molecule has 0 bridgehead atoms. The quantitative estimate of drug-likeness (QED) is 0.169. The van der Waals surface area contributed by atoms with Crippen molar-refractivity contribution in [1.82, 2.24) is 13.7 Å². The van der Waals surface area contributed by atoms with Crippen LogP contribution < -0.4 is 0 Å². The molecule has 0 fully saturated rings. The lowest BCUT2D eigenvalue weighted by Gasteiger charge is -2.16. The minimum atomic E-state index is 0.584. The van der Waals surface area contributed by atoms with Gasteiger partial charge in [0.05, 0.1) is 57.0 Å². The van der Waals surface area contributed by atoms with E-state index in [2.05, 4.69) is 164 Å². The molecule has 5 heteroatoms. The van der Waals surface area contributed by atoms with Gasteiger partial charge in [-0.1, -0.05) is 109 Å². The molecule has 0 aliphatic carbocycles. The number of benzene rings is 8. The minimum absolute atomic E-state index is 0.584. The molecule has 5 nitrogen and oxygen atoms in total. The summed E-state index contributed by atoms with van der Waals surface area (Å²) in [6.45, 7) is 8.37. The molecular weight excluding hydrogens is 671 g/mol. The molecule has 11 aromatic rings. The van der Waals surface area contributed by atoms with Gasteiger partial charge in [0.1, 0.15) is 0 Å². The first-order valence-electron chi connectivity index (χ1n) is 18.3. The highest BCUT2D eigenvalue weighted by atomic mass is 15.1. The van der Waals surface area contributed by atoms with E-state index in [0.717, 1.165) is 82.8 Å². The number of nitrogens with zero attached hydrogens (tertiary/aromatic N) is 5. The summed E-state index contributed by atoms with van der Waals surface area (Å²) in [5.41, 5.74) is 12.6. The first kappa shape index (κ1) is 30.7. The fourth-order valence-corrected chi connectivity index (χ4v) is 8.74. The zero-order valence-corrected chi connectivity index (χ0v) is 29.5. The molecule has 0 N–H and O–H groups in total. The molecule has 55 heavy (non-hydrogen) atoms. The minimum Gasteiger partial charge on any atom is -0.309 e. The van der Waals surface area contributed by atoms with Gasteiger partial charge in [-0.15, -0.1) is 0 Å². The third-order valence-electron chi connectivity index (χ3n) is 11.1. The Bertz CT molecular complexity index is 3400. The Morgan fingerprint density at radius 2 is 0.964 bits per heavy atom. The predicted molar refractivity (Wildman–Crippen MR) is 226 cm³/mol. The molecule has 0 spiro atoms. The van der Waals surface area contributed by atoms with Crippen molar-refractivity contribution < 1.29 is 0 Å². The Balaban J connectivity index is 1.08. The lowest BCUT2D eigenvalue weighted by Crippen LogP contribution is -2.00. The van der Waals surface area contributed by atoms with E-state index in [9.17, 15) is 5.26 Å². The highest BCUT2D eigenvalue weighted by Gasteiger charge is 2.21. The smallest absolute Gasteiger partial charge is 0.196 e. The van der Waals surface area contributed by atoms with Crippen LogP contribution in [0.5, 0.6) is 0 Å². The summed E-state index contributed by atoms with van der Waals surface area (Å²) < 4.78 is 6.92. The zero-order chi connectivity index (χ0) is 36.6.